The lowest BCUT2D eigenvalue weighted by atomic mass is 9.76. The molecule has 21 heavy (non-hydrogen) atoms. The number of halogens is 1. The predicted molar refractivity (Wildman–Crippen MR) is 90.1 cm³/mol. The number of rotatable bonds is 5. The van der Waals surface area contributed by atoms with E-state index in [-0.39, 0.29) is 0 Å². The summed E-state index contributed by atoms with van der Waals surface area (Å²) < 4.78 is 0. The third-order valence-corrected chi connectivity index (χ3v) is 4.78. The molecule has 3 rings (SSSR count). The van der Waals surface area contributed by atoms with Crippen LogP contribution in [0.5, 0.6) is 0 Å². The maximum absolute atomic E-state index is 6.06. The van der Waals surface area contributed by atoms with Gasteiger partial charge in [0.2, 0.25) is 0 Å². The van der Waals surface area contributed by atoms with Gasteiger partial charge in [-0.2, -0.15) is 0 Å². The van der Waals surface area contributed by atoms with E-state index in [1.165, 1.54) is 29.5 Å². The summed E-state index contributed by atoms with van der Waals surface area (Å²) >= 11 is 6.06. The molecule has 0 heterocycles. The van der Waals surface area contributed by atoms with Crippen molar-refractivity contribution in [3.63, 3.8) is 0 Å². The molecule has 1 saturated carbocycles. The number of hydrogen-bond acceptors (Lipinski definition) is 1. The zero-order valence-corrected chi connectivity index (χ0v) is 13.2. The van der Waals surface area contributed by atoms with Crippen molar-refractivity contribution in [2.24, 2.45) is 0 Å². The third-order valence-electron chi connectivity index (χ3n) is 4.55. The van der Waals surface area contributed by atoms with Gasteiger partial charge in [0.1, 0.15) is 0 Å². The smallest absolute Gasteiger partial charge is 0.0408 e. The lowest BCUT2D eigenvalue weighted by Crippen LogP contribution is -2.41. The second-order valence-electron chi connectivity index (χ2n) is 6.05. The van der Waals surface area contributed by atoms with Crippen molar-refractivity contribution in [3.8, 4) is 0 Å². The Kier molecular flexibility index (Phi) is 4.62. The quantitative estimate of drug-likeness (QED) is 0.842. The van der Waals surface area contributed by atoms with Crippen LogP contribution in [0.15, 0.2) is 48.5 Å². The van der Waals surface area contributed by atoms with Crippen LogP contribution in [0.3, 0.4) is 0 Å². The molecule has 0 aromatic heterocycles. The fourth-order valence-corrected chi connectivity index (χ4v) is 3.32. The van der Waals surface area contributed by atoms with Crippen molar-refractivity contribution in [1.29, 1.82) is 0 Å². The second-order valence-corrected chi connectivity index (χ2v) is 6.49. The summed E-state index contributed by atoms with van der Waals surface area (Å²) in [7, 11) is 0. The SMILES string of the molecule is Cc1ccccc1CCNC1CC(c2cccc(Cl)c2)C1. The fourth-order valence-electron chi connectivity index (χ4n) is 3.12. The second kappa shape index (κ2) is 6.64. The highest BCUT2D eigenvalue weighted by Gasteiger charge is 2.29. The fraction of sp³-hybridized carbons (Fsp3) is 0.368. The van der Waals surface area contributed by atoms with Gasteiger partial charge in [-0.15, -0.1) is 0 Å². The molecule has 0 spiro atoms. The van der Waals surface area contributed by atoms with Gasteiger partial charge in [0.05, 0.1) is 0 Å². The molecule has 0 bridgehead atoms. The molecule has 2 aromatic carbocycles. The highest BCUT2D eigenvalue weighted by molar-refractivity contribution is 6.30. The molecule has 0 radical (unpaired) electrons. The minimum Gasteiger partial charge on any atom is -0.314 e. The van der Waals surface area contributed by atoms with E-state index >= 15 is 0 Å². The largest absolute Gasteiger partial charge is 0.314 e. The van der Waals surface area contributed by atoms with Gasteiger partial charge < -0.3 is 5.32 Å². The van der Waals surface area contributed by atoms with Crippen molar-refractivity contribution in [1.82, 2.24) is 5.32 Å². The maximum Gasteiger partial charge on any atom is 0.0408 e. The molecule has 1 aliphatic carbocycles. The van der Waals surface area contributed by atoms with Crippen LogP contribution in [0.4, 0.5) is 0 Å². The van der Waals surface area contributed by atoms with Crippen molar-refractivity contribution < 1.29 is 0 Å². The van der Waals surface area contributed by atoms with Crippen molar-refractivity contribution >= 4 is 11.6 Å². The van der Waals surface area contributed by atoms with E-state index in [2.05, 4.69) is 54.7 Å². The van der Waals surface area contributed by atoms with Crippen LogP contribution in [-0.4, -0.2) is 12.6 Å². The number of nitrogens with one attached hydrogen (secondary N) is 1. The highest BCUT2D eigenvalue weighted by atomic mass is 35.5. The molecule has 0 amide bonds. The Morgan fingerprint density at radius 1 is 1.10 bits per heavy atom. The van der Waals surface area contributed by atoms with Gasteiger partial charge in [-0.25, -0.2) is 0 Å². The van der Waals surface area contributed by atoms with E-state index < -0.39 is 0 Å². The molecular weight excluding hydrogens is 278 g/mol. The van der Waals surface area contributed by atoms with E-state index in [0.29, 0.717) is 12.0 Å². The van der Waals surface area contributed by atoms with E-state index in [1.54, 1.807) is 0 Å². The van der Waals surface area contributed by atoms with E-state index in [1.807, 2.05) is 6.07 Å². The maximum atomic E-state index is 6.06. The zero-order chi connectivity index (χ0) is 14.7. The highest BCUT2D eigenvalue weighted by Crippen LogP contribution is 2.37. The summed E-state index contributed by atoms with van der Waals surface area (Å²) in [6.07, 6.45) is 3.58. The molecule has 1 aliphatic rings. The number of benzene rings is 2. The van der Waals surface area contributed by atoms with Crippen LogP contribution in [0.25, 0.3) is 0 Å². The van der Waals surface area contributed by atoms with Crippen LogP contribution in [0.2, 0.25) is 5.02 Å². The first-order chi connectivity index (χ1) is 10.2. The summed E-state index contributed by atoms with van der Waals surface area (Å²) in [6.45, 7) is 3.26. The van der Waals surface area contributed by atoms with E-state index in [9.17, 15) is 0 Å². The molecule has 2 heteroatoms. The molecule has 0 atom stereocenters. The van der Waals surface area contributed by atoms with Gasteiger partial charge in [-0.3, -0.25) is 0 Å². The Hall–Kier alpha value is -1.31. The number of aryl methyl sites for hydroxylation is 1. The first kappa shape index (κ1) is 14.6. The Labute approximate surface area is 132 Å². The standard InChI is InChI=1S/C19H22ClN/c1-14-5-2-3-6-15(14)9-10-21-19-12-17(13-19)16-7-4-8-18(20)11-16/h2-8,11,17,19,21H,9-10,12-13H2,1H3. The molecule has 1 nitrogen and oxygen atoms in total. The van der Waals surface area contributed by atoms with Gasteiger partial charge >= 0.3 is 0 Å². The predicted octanol–water partition coefficient (Wildman–Crippen LogP) is 4.73. The Balaban J connectivity index is 1.42. The molecular formula is C19H22ClN. The molecule has 1 N–H and O–H groups in total. The van der Waals surface area contributed by atoms with Crippen LogP contribution in [0.1, 0.15) is 35.4 Å². The first-order valence-corrected chi connectivity index (χ1v) is 8.13. The van der Waals surface area contributed by atoms with Gasteiger partial charge in [0, 0.05) is 11.1 Å². The summed E-state index contributed by atoms with van der Waals surface area (Å²) in [6, 6.07) is 17.6. The number of hydrogen-bond donors (Lipinski definition) is 1. The van der Waals surface area contributed by atoms with Crippen molar-refractivity contribution in [2.75, 3.05) is 6.54 Å². The van der Waals surface area contributed by atoms with Gasteiger partial charge in [-0.1, -0.05) is 48.0 Å². The van der Waals surface area contributed by atoms with E-state index in [4.69, 9.17) is 11.6 Å². The Bertz CT molecular complexity index is 602. The molecule has 1 fully saturated rings. The average molecular weight is 300 g/mol. The molecule has 0 saturated heterocycles. The molecule has 110 valence electrons. The molecule has 0 unspecified atom stereocenters. The summed E-state index contributed by atoms with van der Waals surface area (Å²) in [4.78, 5) is 0. The van der Waals surface area contributed by atoms with Crippen LogP contribution in [0, 0.1) is 6.92 Å². The van der Waals surface area contributed by atoms with Crippen molar-refractivity contribution in [2.45, 2.75) is 38.1 Å². The zero-order valence-electron chi connectivity index (χ0n) is 12.5. The van der Waals surface area contributed by atoms with Crippen LogP contribution >= 0.6 is 11.6 Å². The minimum absolute atomic E-state index is 0.665. The topological polar surface area (TPSA) is 12.0 Å². The lowest BCUT2D eigenvalue weighted by molar-refractivity contribution is 0.293. The third kappa shape index (κ3) is 3.66. The Morgan fingerprint density at radius 2 is 1.90 bits per heavy atom. The van der Waals surface area contributed by atoms with Crippen LogP contribution in [-0.2, 0) is 6.42 Å². The van der Waals surface area contributed by atoms with Gasteiger partial charge in [-0.05, 0) is 67.5 Å². The van der Waals surface area contributed by atoms with Gasteiger partial charge in [0.15, 0.2) is 0 Å². The monoisotopic (exact) mass is 299 g/mol. The van der Waals surface area contributed by atoms with Gasteiger partial charge in [0.25, 0.3) is 0 Å². The van der Waals surface area contributed by atoms with Crippen LogP contribution < -0.4 is 5.32 Å². The first-order valence-electron chi connectivity index (χ1n) is 7.76. The average Bonchev–Trinajstić information content (AvgIpc) is 2.43. The lowest BCUT2D eigenvalue weighted by Gasteiger charge is -2.36. The molecule has 2 aromatic rings. The minimum atomic E-state index is 0.665. The summed E-state index contributed by atoms with van der Waals surface area (Å²) in [5.41, 5.74) is 4.24. The van der Waals surface area contributed by atoms with Crippen molar-refractivity contribution in [3.05, 3.63) is 70.2 Å². The van der Waals surface area contributed by atoms with E-state index in [0.717, 1.165) is 18.0 Å². The normalized spacial score (nSPS) is 21.0. The summed E-state index contributed by atoms with van der Waals surface area (Å²) in [5.74, 6) is 0.680. The Morgan fingerprint density at radius 3 is 2.67 bits per heavy atom. The molecule has 0 aliphatic heterocycles. The summed E-state index contributed by atoms with van der Waals surface area (Å²) in [5, 5.41) is 4.53.